The average Bonchev–Trinajstić information content (AvgIpc) is 3.52. The van der Waals surface area contributed by atoms with Gasteiger partial charge in [-0.25, -0.2) is 0 Å². The third kappa shape index (κ3) is 3.92. The number of hydrogen-bond donors (Lipinski definition) is 0. The standard InChI is InChI=1S/C53H36OSi/c1-53(34-17-5-3-6-18-34)44-27-10-9-21-43(44)50-45(53)31-32-47-52(50)54-51-42(26-14-28-46(51)55(47,2)35-19-7-4-8-20-35)36-29-30-41-39-23-12-16-33-15-11-22-38(48(33)39)40-25-13-24-37(36)49(40)41/h3-32H,1-2H3. The first-order valence-electron chi connectivity index (χ1n) is 19.4. The number of fused-ring (bicyclic) bond motifs is 8. The van der Waals surface area contributed by atoms with Crippen LogP contribution in [0.1, 0.15) is 23.6 Å². The largest absolute Gasteiger partial charge is 0.456 e. The zero-order valence-corrected chi connectivity index (χ0v) is 31.7. The quantitative estimate of drug-likeness (QED) is 0.100. The molecule has 0 aromatic heterocycles. The van der Waals surface area contributed by atoms with Crippen LogP contribution in [0.4, 0.5) is 0 Å². The maximum atomic E-state index is 7.60. The second-order valence-electron chi connectivity index (χ2n) is 15.8. The first-order chi connectivity index (χ1) is 27.1. The van der Waals surface area contributed by atoms with Crippen LogP contribution in [-0.2, 0) is 5.41 Å². The van der Waals surface area contributed by atoms with Crippen molar-refractivity contribution in [2.24, 2.45) is 0 Å². The van der Waals surface area contributed by atoms with Crippen LogP contribution in [0.3, 0.4) is 0 Å². The normalized spacial score (nSPS) is 18.3. The molecule has 10 aromatic carbocycles. The Balaban J connectivity index is 1.17. The summed E-state index contributed by atoms with van der Waals surface area (Å²) in [6.45, 7) is 4.93. The first kappa shape index (κ1) is 30.9. The topological polar surface area (TPSA) is 9.23 Å². The summed E-state index contributed by atoms with van der Waals surface area (Å²) in [4.78, 5) is 0. The van der Waals surface area contributed by atoms with E-state index >= 15 is 0 Å². The van der Waals surface area contributed by atoms with Crippen molar-refractivity contribution in [3.05, 3.63) is 199 Å². The number of para-hydroxylation sites is 1. The number of benzene rings is 10. The fourth-order valence-corrected chi connectivity index (χ4v) is 14.5. The van der Waals surface area contributed by atoms with Crippen LogP contribution in [0.25, 0.3) is 65.3 Å². The Bertz CT molecular complexity index is 3150. The summed E-state index contributed by atoms with van der Waals surface area (Å²) in [5, 5.41) is 14.4. The number of ether oxygens (including phenoxy) is 1. The van der Waals surface area contributed by atoms with Gasteiger partial charge in [0.25, 0.3) is 0 Å². The summed E-state index contributed by atoms with van der Waals surface area (Å²) in [5.74, 6) is 2.01. The van der Waals surface area contributed by atoms with Gasteiger partial charge in [0.15, 0.2) is 8.07 Å². The molecular weight excluding hydrogens is 681 g/mol. The second-order valence-corrected chi connectivity index (χ2v) is 19.7. The molecule has 0 N–H and O–H groups in total. The molecule has 2 unspecified atom stereocenters. The van der Waals surface area contributed by atoms with Gasteiger partial charge in [-0.1, -0.05) is 189 Å². The molecule has 1 nitrogen and oxygen atoms in total. The molecule has 55 heavy (non-hydrogen) atoms. The van der Waals surface area contributed by atoms with Crippen molar-refractivity contribution in [2.45, 2.75) is 18.9 Å². The molecular formula is C53H36OSi. The Morgan fingerprint density at radius 2 is 1.02 bits per heavy atom. The van der Waals surface area contributed by atoms with Crippen LogP contribution >= 0.6 is 0 Å². The Morgan fingerprint density at radius 3 is 1.80 bits per heavy atom. The van der Waals surface area contributed by atoms with E-state index in [0.717, 1.165) is 17.1 Å². The maximum Gasteiger partial charge on any atom is 0.155 e. The lowest BCUT2D eigenvalue weighted by Crippen LogP contribution is -2.66. The van der Waals surface area contributed by atoms with Crippen molar-refractivity contribution >= 4 is 66.7 Å². The van der Waals surface area contributed by atoms with Gasteiger partial charge in [-0.3, -0.25) is 0 Å². The number of hydrogen-bond acceptors (Lipinski definition) is 1. The molecule has 1 aliphatic carbocycles. The van der Waals surface area contributed by atoms with E-state index in [1.54, 1.807) is 0 Å². The molecule has 0 saturated carbocycles. The smallest absolute Gasteiger partial charge is 0.155 e. The van der Waals surface area contributed by atoms with Crippen LogP contribution in [0.2, 0.25) is 6.55 Å². The van der Waals surface area contributed by atoms with Gasteiger partial charge < -0.3 is 4.74 Å². The summed E-state index contributed by atoms with van der Waals surface area (Å²) in [6, 6.07) is 67.9. The highest BCUT2D eigenvalue weighted by molar-refractivity contribution is 7.12. The summed E-state index contributed by atoms with van der Waals surface area (Å²) in [5.41, 5.74) is 8.46. The third-order valence-corrected chi connectivity index (χ3v) is 17.7. The zero-order chi connectivity index (χ0) is 36.5. The molecule has 0 fully saturated rings. The predicted octanol–water partition coefficient (Wildman–Crippen LogP) is 11.9. The Morgan fingerprint density at radius 1 is 0.418 bits per heavy atom. The van der Waals surface area contributed by atoms with Gasteiger partial charge in [-0.2, -0.15) is 0 Å². The molecule has 0 spiro atoms. The fraction of sp³-hybridized carbons (Fsp3) is 0.0566. The van der Waals surface area contributed by atoms with Gasteiger partial charge in [-0.15, -0.1) is 0 Å². The zero-order valence-electron chi connectivity index (χ0n) is 30.7. The molecule has 0 amide bonds. The van der Waals surface area contributed by atoms with Crippen LogP contribution in [0, 0.1) is 0 Å². The van der Waals surface area contributed by atoms with E-state index in [0.29, 0.717) is 0 Å². The highest BCUT2D eigenvalue weighted by Crippen LogP contribution is 2.56. The van der Waals surface area contributed by atoms with Gasteiger partial charge in [0, 0.05) is 16.5 Å². The van der Waals surface area contributed by atoms with Crippen LogP contribution < -0.4 is 20.3 Å². The van der Waals surface area contributed by atoms with Gasteiger partial charge >= 0.3 is 0 Å². The molecule has 0 bridgehead atoms. The SMILES string of the molecule is CC1(c2ccccc2)c2ccccc2-c2c1ccc1c2Oc2c(-c3ccc4c5cccc6cccc(c7cccc3c74)c65)cccc2[Si]1(C)c1ccccc1. The van der Waals surface area contributed by atoms with Crippen molar-refractivity contribution in [3.8, 4) is 33.8 Å². The molecule has 2 aliphatic rings. The van der Waals surface area contributed by atoms with E-state index in [2.05, 4.69) is 195 Å². The molecule has 2 heteroatoms. The van der Waals surface area contributed by atoms with Crippen LogP contribution in [0.5, 0.6) is 11.5 Å². The third-order valence-electron chi connectivity index (χ3n) is 13.2. The number of rotatable bonds is 3. The molecule has 2 atom stereocenters. The van der Waals surface area contributed by atoms with E-state index in [4.69, 9.17) is 4.74 Å². The van der Waals surface area contributed by atoms with E-state index in [1.807, 2.05) is 0 Å². The Hall–Kier alpha value is -6.48. The minimum Gasteiger partial charge on any atom is -0.456 e. The second kappa shape index (κ2) is 11.0. The van der Waals surface area contributed by atoms with Gasteiger partial charge in [-0.05, 0) is 93.4 Å². The van der Waals surface area contributed by atoms with E-state index in [1.165, 1.54) is 92.0 Å². The van der Waals surface area contributed by atoms with Crippen molar-refractivity contribution < 1.29 is 4.74 Å². The molecule has 0 radical (unpaired) electrons. The lowest BCUT2D eigenvalue weighted by atomic mass is 9.74. The lowest BCUT2D eigenvalue weighted by molar-refractivity contribution is 0.490. The minimum absolute atomic E-state index is 0.314. The van der Waals surface area contributed by atoms with Crippen molar-refractivity contribution in [1.82, 2.24) is 0 Å². The highest BCUT2D eigenvalue weighted by atomic mass is 28.3. The summed E-state index contributed by atoms with van der Waals surface area (Å²) in [6.07, 6.45) is 0. The molecule has 1 aliphatic heterocycles. The van der Waals surface area contributed by atoms with Crippen molar-refractivity contribution in [1.29, 1.82) is 0 Å². The minimum atomic E-state index is -2.60. The molecule has 12 rings (SSSR count). The average molecular weight is 717 g/mol. The maximum absolute atomic E-state index is 7.60. The van der Waals surface area contributed by atoms with Gasteiger partial charge in [0.2, 0.25) is 0 Å². The van der Waals surface area contributed by atoms with Crippen molar-refractivity contribution in [2.75, 3.05) is 0 Å². The Kier molecular flexibility index (Phi) is 6.21. The molecule has 258 valence electrons. The molecule has 0 saturated heterocycles. The molecule has 1 heterocycles. The van der Waals surface area contributed by atoms with Gasteiger partial charge in [0.05, 0.1) is 0 Å². The Labute approximate surface area is 321 Å². The van der Waals surface area contributed by atoms with E-state index < -0.39 is 8.07 Å². The summed E-state index contributed by atoms with van der Waals surface area (Å²) in [7, 11) is -2.60. The summed E-state index contributed by atoms with van der Waals surface area (Å²) >= 11 is 0. The molecule has 10 aromatic rings. The van der Waals surface area contributed by atoms with Crippen molar-refractivity contribution in [3.63, 3.8) is 0 Å². The van der Waals surface area contributed by atoms with Gasteiger partial charge in [0.1, 0.15) is 11.5 Å². The fourth-order valence-electron chi connectivity index (χ4n) is 10.6. The monoisotopic (exact) mass is 716 g/mol. The van der Waals surface area contributed by atoms with E-state index in [9.17, 15) is 0 Å². The van der Waals surface area contributed by atoms with E-state index in [-0.39, 0.29) is 5.41 Å². The summed E-state index contributed by atoms with van der Waals surface area (Å²) < 4.78 is 7.60. The van der Waals surface area contributed by atoms with Crippen LogP contribution in [0.15, 0.2) is 182 Å². The van der Waals surface area contributed by atoms with Crippen LogP contribution in [-0.4, -0.2) is 8.07 Å². The highest BCUT2D eigenvalue weighted by Gasteiger charge is 2.48. The lowest BCUT2D eigenvalue weighted by Gasteiger charge is -2.38. The predicted molar refractivity (Wildman–Crippen MR) is 234 cm³/mol. The first-order valence-corrected chi connectivity index (χ1v) is 21.9.